The van der Waals surface area contributed by atoms with E-state index >= 15 is 0 Å². The molecule has 1 N–H and O–H groups in total. The maximum Gasteiger partial charge on any atom is 0.295 e. The Hall–Kier alpha value is -1.69. The normalized spacial score (nSPS) is 15.6. The van der Waals surface area contributed by atoms with Crippen LogP contribution in [0.25, 0.3) is 0 Å². The van der Waals surface area contributed by atoms with E-state index in [1.54, 1.807) is 0 Å². The molecule has 1 aromatic carbocycles. The van der Waals surface area contributed by atoms with Crippen LogP contribution in [0.2, 0.25) is 0 Å². The average Bonchev–Trinajstić information content (AvgIpc) is 2.89. The van der Waals surface area contributed by atoms with Gasteiger partial charge in [0.1, 0.15) is 11.5 Å². The third kappa shape index (κ3) is 3.89. The Kier molecular flexibility index (Phi) is 4.68. The highest BCUT2D eigenvalue weighted by Crippen LogP contribution is 2.24. The molecule has 1 saturated heterocycles. The van der Waals surface area contributed by atoms with E-state index < -0.39 is 10.7 Å². The Morgan fingerprint density at radius 2 is 2.11 bits per heavy atom. The fourth-order valence-electron chi connectivity index (χ4n) is 2.34. The van der Waals surface area contributed by atoms with Crippen LogP contribution >= 0.6 is 0 Å². The largest absolute Gasteiger partial charge is 0.379 e. The lowest BCUT2D eigenvalue weighted by molar-refractivity contribution is -0.384. The van der Waals surface area contributed by atoms with Gasteiger partial charge in [0, 0.05) is 6.54 Å². The molecular weight excluding hydrogens is 249 g/mol. The molecular formula is C13H18FN3O2. The van der Waals surface area contributed by atoms with E-state index in [4.69, 9.17) is 0 Å². The number of anilines is 1. The molecule has 0 radical (unpaired) electrons. The Bertz CT molecular complexity index is 448. The van der Waals surface area contributed by atoms with Crippen molar-refractivity contribution in [1.29, 1.82) is 0 Å². The summed E-state index contributed by atoms with van der Waals surface area (Å²) in [5, 5.41) is 13.8. The van der Waals surface area contributed by atoms with Gasteiger partial charge in [0.2, 0.25) is 0 Å². The summed E-state index contributed by atoms with van der Waals surface area (Å²) in [4.78, 5) is 12.6. The van der Waals surface area contributed by atoms with Crippen molar-refractivity contribution in [2.24, 2.45) is 0 Å². The van der Waals surface area contributed by atoms with Crippen LogP contribution in [0.15, 0.2) is 18.2 Å². The highest BCUT2D eigenvalue weighted by molar-refractivity contribution is 5.61. The first-order valence-corrected chi connectivity index (χ1v) is 6.57. The predicted octanol–water partition coefficient (Wildman–Crippen LogP) is 2.63. The van der Waals surface area contributed by atoms with Gasteiger partial charge in [0.05, 0.1) is 11.0 Å². The van der Waals surface area contributed by atoms with E-state index in [1.165, 1.54) is 25.0 Å². The van der Waals surface area contributed by atoms with E-state index in [2.05, 4.69) is 10.2 Å². The molecule has 0 bridgehead atoms. The number of nitro benzene ring substituents is 1. The molecule has 0 aromatic heterocycles. The lowest BCUT2D eigenvalue weighted by Gasteiger charge is -2.14. The van der Waals surface area contributed by atoms with Crippen molar-refractivity contribution < 1.29 is 9.31 Å². The van der Waals surface area contributed by atoms with Gasteiger partial charge in [-0.3, -0.25) is 10.1 Å². The van der Waals surface area contributed by atoms with Crippen molar-refractivity contribution in [3.8, 4) is 0 Å². The second-order valence-corrected chi connectivity index (χ2v) is 4.75. The van der Waals surface area contributed by atoms with E-state index in [0.717, 1.165) is 32.1 Å². The number of hydrogen-bond donors (Lipinski definition) is 1. The monoisotopic (exact) mass is 267 g/mol. The first kappa shape index (κ1) is 13.7. The molecule has 1 aliphatic rings. The van der Waals surface area contributed by atoms with Crippen LogP contribution in [0.4, 0.5) is 15.8 Å². The third-order valence-corrected chi connectivity index (χ3v) is 3.32. The standard InChI is InChI=1S/C13H18FN3O2/c14-11-4-5-12(13(10-11)17(18)19)15-6-3-9-16-7-1-2-8-16/h4-5,10,15H,1-3,6-9H2. The minimum atomic E-state index is -0.589. The van der Waals surface area contributed by atoms with Crippen LogP contribution in [0.5, 0.6) is 0 Å². The van der Waals surface area contributed by atoms with Crippen molar-refractivity contribution in [3.63, 3.8) is 0 Å². The highest BCUT2D eigenvalue weighted by atomic mass is 19.1. The van der Waals surface area contributed by atoms with Gasteiger partial charge in [-0.2, -0.15) is 0 Å². The van der Waals surface area contributed by atoms with Gasteiger partial charge < -0.3 is 10.2 Å². The first-order valence-electron chi connectivity index (χ1n) is 6.57. The Morgan fingerprint density at radius 1 is 1.37 bits per heavy atom. The zero-order chi connectivity index (χ0) is 13.7. The molecule has 1 heterocycles. The van der Waals surface area contributed by atoms with Crippen LogP contribution in [0.1, 0.15) is 19.3 Å². The van der Waals surface area contributed by atoms with Gasteiger partial charge in [0.15, 0.2) is 0 Å². The second-order valence-electron chi connectivity index (χ2n) is 4.75. The smallest absolute Gasteiger partial charge is 0.295 e. The molecule has 1 fully saturated rings. The summed E-state index contributed by atoms with van der Waals surface area (Å²) in [7, 11) is 0. The molecule has 0 atom stereocenters. The van der Waals surface area contributed by atoms with Crippen molar-refractivity contribution in [3.05, 3.63) is 34.1 Å². The topological polar surface area (TPSA) is 58.4 Å². The number of benzene rings is 1. The second kappa shape index (κ2) is 6.47. The fraction of sp³-hybridized carbons (Fsp3) is 0.538. The maximum absolute atomic E-state index is 13.0. The molecule has 0 spiro atoms. The number of halogens is 1. The average molecular weight is 267 g/mol. The molecule has 0 unspecified atom stereocenters. The van der Waals surface area contributed by atoms with Crippen LogP contribution in [0.3, 0.4) is 0 Å². The minimum Gasteiger partial charge on any atom is -0.379 e. The summed E-state index contributed by atoms with van der Waals surface area (Å²) >= 11 is 0. The number of rotatable bonds is 6. The zero-order valence-electron chi connectivity index (χ0n) is 10.8. The molecule has 0 aliphatic carbocycles. The maximum atomic E-state index is 13.0. The van der Waals surface area contributed by atoms with Gasteiger partial charge in [0.25, 0.3) is 5.69 Å². The number of nitrogens with zero attached hydrogens (tertiary/aromatic N) is 2. The van der Waals surface area contributed by atoms with Crippen molar-refractivity contribution in [2.45, 2.75) is 19.3 Å². The highest BCUT2D eigenvalue weighted by Gasteiger charge is 2.15. The quantitative estimate of drug-likeness (QED) is 0.489. The molecule has 0 amide bonds. The summed E-state index contributed by atoms with van der Waals surface area (Å²) in [5.74, 6) is -0.589. The van der Waals surface area contributed by atoms with Crippen molar-refractivity contribution in [1.82, 2.24) is 4.90 Å². The number of likely N-dealkylation sites (tertiary alicyclic amines) is 1. The van der Waals surface area contributed by atoms with Crippen molar-refractivity contribution >= 4 is 11.4 Å². The number of nitro groups is 1. The summed E-state index contributed by atoms with van der Waals surface area (Å²) in [6.45, 7) is 3.96. The van der Waals surface area contributed by atoms with Crippen LogP contribution < -0.4 is 5.32 Å². The third-order valence-electron chi connectivity index (χ3n) is 3.32. The summed E-state index contributed by atoms with van der Waals surface area (Å²) in [6, 6.07) is 3.60. The van der Waals surface area contributed by atoms with E-state index in [9.17, 15) is 14.5 Å². The Balaban J connectivity index is 1.83. The van der Waals surface area contributed by atoms with Gasteiger partial charge in [-0.15, -0.1) is 0 Å². The fourth-order valence-corrected chi connectivity index (χ4v) is 2.34. The SMILES string of the molecule is O=[N+]([O-])c1cc(F)ccc1NCCCN1CCCC1. The van der Waals surface area contributed by atoms with Gasteiger partial charge in [-0.25, -0.2) is 4.39 Å². The molecule has 0 saturated carbocycles. The minimum absolute atomic E-state index is 0.207. The number of hydrogen-bond acceptors (Lipinski definition) is 4. The molecule has 2 rings (SSSR count). The van der Waals surface area contributed by atoms with E-state index in [0.29, 0.717) is 12.2 Å². The van der Waals surface area contributed by atoms with Crippen LogP contribution in [-0.4, -0.2) is 36.0 Å². The van der Waals surface area contributed by atoms with E-state index in [-0.39, 0.29) is 5.69 Å². The molecule has 5 nitrogen and oxygen atoms in total. The molecule has 6 heteroatoms. The zero-order valence-corrected chi connectivity index (χ0v) is 10.8. The number of nitrogens with one attached hydrogen (secondary N) is 1. The summed E-state index contributed by atoms with van der Waals surface area (Å²) < 4.78 is 13.0. The van der Waals surface area contributed by atoms with E-state index in [1.807, 2.05) is 0 Å². The van der Waals surface area contributed by atoms with Crippen LogP contribution in [-0.2, 0) is 0 Å². The molecule has 104 valence electrons. The lowest BCUT2D eigenvalue weighted by Crippen LogP contribution is -2.22. The summed E-state index contributed by atoms with van der Waals surface area (Å²) in [6.07, 6.45) is 3.45. The molecule has 1 aromatic rings. The van der Waals surface area contributed by atoms with Gasteiger partial charge in [-0.05, 0) is 51.0 Å². The van der Waals surface area contributed by atoms with Gasteiger partial charge >= 0.3 is 0 Å². The molecule has 1 aliphatic heterocycles. The summed E-state index contributed by atoms with van der Waals surface area (Å²) in [5.41, 5.74) is 0.175. The Labute approximate surface area is 111 Å². The lowest BCUT2D eigenvalue weighted by atomic mass is 10.2. The van der Waals surface area contributed by atoms with Crippen LogP contribution in [0, 0.1) is 15.9 Å². The first-order chi connectivity index (χ1) is 9.16. The van der Waals surface area contributed by atoms with Crippen molar-refractivity contribution in [2.75, 3.05) is 31.5 Å². The Morgan fingerprint density at radius 3 is 2.79 bits per heavy atom. The van der Waals surface area contributed by atoms with Gasteiger partial charge in [-0.1, -0.05) is 0 Å². The predicted molar refractivity (Wildman–Crippen MR) is 71.8 cm³/mol. The molecule has 19 heavy (non-hydrogen) atoms.